The SMILES string of the molecule is CC(C)C(=O)N1CCC(NC(=O)c2ccc(CN)o2)CC1. The van der Waals surface area contributed by atoms with Gasteiger partial charge in [0.25, 0.3) is 5.91 Å². The Morgan fingerprint density at radius 3 is 2.57 bits per heavy atom. The van der Waals surface area contributed by atoms with Gasteiger partial charge in [0.1, 0.15) is 5.76 Å². The molecule has 0 unspecified atom stereocenters. The number of carbonyl (C=O) groups excluding carboxylic acids is 2. The number of nitrogens with two attached hydrogens (primary N) is 1. The third-order valence-corrected chi connectivity index (χ3v) is 3.72. The Bertz CT molecular complexity index is 502. The maximum Gasteiger partial charge on any atom is 0.287 e. The molecule has 1 saturated heterocycles. The molecule has 1 aliphatic heterocycles. The van der Waals surface area contributed by atoms with Crippen molar-refractivity contribution in [2.75, 3.05) is 13.1 Å². The van der Waals surface area contributed by atoms with E-state index in [1.165, 1.54) is 0 Å². The molecule has 6 nitrogen and oxygen atoms in total. The molecule has 0 aromatic carbocycles. The molecule has 21 heavy (non-hydrogen) atoms. The second-order valence-corrected chi connectivity index (χ2v) is 5.70. The molecule has 0 saturated carbocycles. The Morgan fingerprint density at radius 1 is 1.38 bits per heavy atom. The Morgan fingerprint density at radius 2 is 2.05 bits per heavy atom. The zero-order valence-electron chi connectivity index (χ0n) is 12.6. The van der Waals surface area contributed by atoms with Crippen LogP contribution >= 0.6 is 0 Å². The van der Waals surface area contributed by atoms with Gasteiger partial charge >= 0.3 is 0 Å². The highest BCUT2D eigenvalue weighted by atomic mass is 16.4. The van der Waals surface area contributed by atoms with E-state index in [4.69, 9.17) is 10.2 Å². The van der Waals surface area contributed by atoms with E-state index in [0.717, 1.165) is 12.8 Å². The van der Waals surface area contributed by atoms with Gasteiger partial charge in [-0.15, -0.1) is 0 Å². The minimum absolute atomic E-state index is 0.0222. The minimum atomic E-state index is -0.219. The predicted molar refractivity (Wildman–Crippen MR) is 78.5 cm³/mol. The first-order valence-electron chi connectivity index (χ1n) is 7.39. The van der Waals surface area contributed by atoms with Crippen LogP contribution in [-0.2, 0) is 11.3 Å². The van der Waals surface area contributed by atoms with Crippen molar-refractivity contribution in [2.45, 2.75) is 39.3 Å². The molecule has 2 amide bonds. The Hall–Kier alpha value is -1.82. The number of carbonyl (C=O) groups is 2. The van der Waals surface area contributed by atoms with Crippen LogP contribution in [-0.4, -0.2) is 35.8 Å². The van der Waals surface area contributed by atoms with E-state index < -0.39 is 0 Å². The van der Waals surface area contributed by atoms with E-state index in [-0.39, 0.29) is 36.1 Å². The van der Waals surface area contributed by atoms with Gasteiger partial charge in [0.15, 0.2) is 5.76 Å². The zero-order chi connectivity index (χ0) is 15.4. The first kappa shape index (κ1) is 15.6. The first-order chi connectivity index (χ1) is 10.0. The molecule has 0 spiro atoms. The van der Waals surface area contributed by atoms with Crippen LogP contribution in [0.4, 0.5) is 0 Å². The van der Waals surface area contributed by atoms with Gasteiger partial charge in [-0.25, -0.2) is 0 Å². The third kappa shape index (κ3) is 3.85. The molecule has 2 rings (SSSR count). The number of likely N-dealkylation sites (tertiary alicyclic amines) is 1. The number of nitrogens with zero attached hydrogens (tertiary/aromatic N) is 1. The number of hydrogen-bond donors (Lipinski definition) is 2. The van der Waals surface area contributed by atoms with Gasteiger partial charge in [0.2, 0.25) is 5.91 Å². The smallest absolute Gasteiger partial charge is 0.287 e. The average Bonchev–Trinajstić information content (AvgIpc) is 2.96. The fourth-order valence-corrected chi connectivity index (χ4v) is 2.48. The van der Waals surface area contributed by atoms with E-state index in [2.05, 4.69) is 5.32 Å². The van der Waals surface area contributed by atoms with Crippen molar-refractivity contribution in [1.82, 2.24) is 10.2 Å². The van der Waals surface area contributed by atoms with Crippen molar-refractivity contribution < 1.29 is 14.0 Å². The molecule has 0 atom stereocenters. The van der Waals surface area contributed by atoms with Crippen molar-refractivity contribution in [1.29, 1.82) is 0 Å². The molecule has 1 aromatic heterocycles. The highest BCUT2D eigenvalue weighted by Crippen LogP contribution is 2.14. The van der Waals surface area contributed by atoms with Crippen LogP contribution in [0.3, 0.4) is 0 Å². The van der Waals surface area contributed by atoms with Crippen molar-refractivity contribution >= 4 is 11.8 Å². The van der Waals surface area contributed by atoms with Crippen molar-refractivity contribution in [3.05, 3.63) is 23.7 Å². The summed E-state index contributed by atoms with van der Waals surface area (Å²) in [5.74, 6) is 0.865. The second kappa shape index (κ2) is 6.76. The van der Waals surface area contributed by atoms with Gasteiger partial charge < -0.3 is 20.4 Å². The fourth-order valence-electron chi connectivity index (χ4n) is 2.48. The Balaban J connectivity index is 1.83. The van der Waals surface area contributed by atoms with E-state index in [0.29, 0.717) is 18.8 Å². The van der Waals surface area contributed by atoms with Gasteiger partial charge in [-0.3, -0.25) is 9.59 Å². The van der Waals surface area contributed by atoms with E-state index in [1.54, 1.807) is 12.1 Å². The molecule has 1 aliphatic rings. The molecule has 0 bridgehead atoms. The van der Waals surface area contributed by atoms with Gasteiger partial charge in [-0.1, -0.05) is 13.8 Å². The topological polar surface area (TPSA) is 88.6 Å². The van der Waals surface area contributed by atoms with E-state index in [1.807, 2.05) is 18.7 Å². The number of nitrogens with one attached hydrogen (secondary N) is 1. The summed E-state index contributed by atoms with van der Waals surface area (Å²) < 4.78 is 5.33. The zero-order valence-corrected chi connectivity index (χ0v) is 12.6. The summed E-state index contributed by atoms with van der Waals surface area (Å²) in [5.41, 5.74) is 5.45. The molecule has 2 heterocycles. The van der Waals surface area contributed by atoms with Crippen LogP contribution in [0.5, 0.6) is 0 Å². The summed E-state index contributed by atoms with van der Waals surface area (Å²) in [5, 5.41) is 2.95. The average molecular weight is 293 g/mol. The highest BCUT2D eigenvalue weighted by Gasteiger charge is 2.25. The van der Waals surface area contributed by atoms with Crippen LogP contribution in [0, 0.1) is 5.92 Å². The number of hydrogen-bond acceptors (Lipinski definition) is 4. The number of amides is 2. The molecular formula is C15H23N3O3. The van der Waals surface area contributed by atoms with Crippen LogP contribution < -0.4 is 11.1 Å². The van der Waals surface area contributed by atoms with Gasteiger partial charge in [0.05, 0.1) is 6.54 Å². The molecule has 6 heteroatoms. The quantitative estimate of drug-likeness (QED) is 0.870. The number of furan rings is 1. The van der Waals surface area contributed by atoms with E-state index in [9.17, 15) is 9.59 Å². The summed E-state index contributed by atoms with van der Waals surface area (Å²) in [6, 6.07) is 3.42. The predicted octanol–water partition coefficient (Wildman–Crippen LogP) is 1.12. The fraction of sp³-hybridized carbons (Fsp3) is 0.600. The van der Waals surface area contributed by atoms with Gasteiger partial charge in [-0.2, -0.15) is 0 Å². The Kier molecular flexibility index (Phi) is 5.01. The molecule has 1 aromatic rings. The van der Waals surface area contributed by atoms with E-state index >= 15 is 0 Å². The summed E-state index contributed by atoms with van der Waals surface area (Å²) in [4.78, 5) is 25.8. The minimum Gasteiger partial charge on any atom is -0.455 e. The summed E-state index contributed by atoms with van der Waals surface area (Å²) in [7, 11) is 0. The van der Waals surface area contributed by atoms with Gasteiger partial charge in [-0.05, 0) is 25.0 Å². The van der Waals surface area contributed by atoms with Crippen LogP contribution in [0.2, 0.25) is 0 Å². The second-order valence-electron chi connectivity index (χ2n) is 5.70. The number of rotatable bonds is 4. The maximum atomic E-state index is 12.0. The molecular weight excluding hydrogens is 270 g/mol. The van der Waals surface area contributed by atoms with Crippen molar-refractivity contribution in [2.24, 2.45) is 11.7 Å². The molecule has 116 valence electrons. The maximum absolute atomic E-state index is 12.0. The molecule has 1 fully saturated rings. The first-order valence-corrected chi connectivity index (χ1v) is 7.39. The van der Waals surface area contributed by atoms with Crippen molar-refractivity contribution in [3.8, 4) is 0 Å². The summed E-state index contributed by atoms with van der Waals surface area (Å²) in [6.45, 7) is 5.47. The lowest BCUT2D eigenvalue weighted by atomic mass is 10.0. The standard InChI is InChI=1S/C15H23N3O3/c1-10(2)15(20)18-7-5-11(6-8-18)17-14(19)13-4-3-12(9-16)21-13/h3-4,10-11H,5-9,16H2,1-2H3,(H,17,19). The molecule has 3 N–H and O–H groups in total. The lowest BCUT2D eigenvalue weighted by Crippen LogP contribution is -2.47. The van der Waals surface area contributed by atoms with Gasteiger partial charge in [0, 0.05) is 25.0 Å². The lowest BCUT2D eigenvalue weighted by Gasteiger charge is -2.33. The van der Waals surface area contributed by atoms with Crippen LogP contribution in [0.15, 0.2) is 16.5 Å². The largest absolute Gasteiger partial charge is 0.455 e. The van der Waals surface area contributed by atoms with Crippen molar-refractivity contribution in [3.63, 3.8) is 0 Å². The lowest BCUT2D eigenvalue weighted by molar-refractivity contribution is -0.135. The Labute approximate surface area is 124 Å². The normalized spacial score (nSPS) is 16.3. The third-order valence-electron chi connectivity index (χ3n) is 3.72. The van der Waals surface area contributed by atoms with Crippen LogP contribution in [0.25, 0.3) is 0 Å². The monoisotopic (exact) mass is 293 g/mol. The highest BCUT2D eigenvalue weighted by molar-refractivity contribution is 5.91. The molecule has 0 radical (unpaired) electrons. The molecule has 0 aliphatic carbocycles. The summed E-state index contributed by atoms with van der Waals surface area (Å²) in [6.07, 6.45) is 1.54. The van der Waals surface area contributed by atoms with Crippen LogP contribution in [0.1, 0.15) is 43.0 Å². The summed E-state index contributed by atoms with van der Waals surface area (Å²) >= 11 is 0. The number of piperidine rings is 1.